The molecule has 0 N–H and O–H groups in total. The van der Waals surface area contributed by atoms with Crippen molar-refractivity contribution < 1.29 is 27.1 Å². The average Bonchev–Trinajstić information content (AvgIpc) is 2.63. The summed E-state index contributed by atoms with van der Waals surface area (Å²) in [4.78, 5) is 0. The van der Waals surface area contributed by atoms with Gasteiger partial charge in [-0.1, -0.05) is 24.3 Å². The van der Waals surface area contributed by atoms with Gasteiger partial charge in [0.25, 0.3) is 0 Å². The number of benzene rings is 1. The Morgan fingerprint density at radius 1 is 0.786 bits per heavy atom. The first-order valence-corrected chi connectivity index (χ1v) is 14.2. The summed E-state index contributed by atoms with van der Waals surface area (Å²) in [7, 11) is 1.67. The molecule has 0 saturated heterocycles. The van der Waals surface area contributed by atoms with Crippen LogP contribution in [0.3, 0.4) is 0 Å². The van der Waals surface area contributed by atoms with Gasteiger partial charge in [-0.2, -0.15) is 0 Å². The molecule has 162 valence electrons. The van der Waals surface area contributed by atoms with Gasteiger partial charge in [0.15, 0.2) is 0 Å². The smallest absolute Gasteiger partial charge is 0.334 e. The lowest BCUT2D eigenvalue weighted by Crippen LogP contribution is -2.03. The zero-order chi connectivity index (χ0) is 21.5. The summed E-state index contributed by atoms with van der Waals surface area (Å²) in [6, 6.07) is 7.96. The lowest BCUT2D eigenvalue weighted by atomic mass is 10.2. The van der Waals surface area contributed by atoms with Crippen LogP contribution in [0, 0.1) is 0 Å². The highest BCUT2D eigenvalue weighted by molar-refractivity contribution is 8.14. The van der Waals surface area contributed by atoms with E-state index in [1.807, 2.05) is 65.0 Å². The maximum Gasteiger partial charge on any atom is 0.334 e. The zero-order valence-corrected chi connectivity index (χ0v) is 20.9. The fourth-order valence-electron chi connectivity index (χ4n) is 1.83. The standard InChI is InChI=1S/C10H12O.C8H20O5P2S2/c1-3-4-9-5-7-10(11-2)8-6-9;1-5-9-14(16,10-6-2)13-15(17,11-7-3)12-8-4/h3-8H,1-2H3;5-8H2,1-4H3/b4-3+;. The highest BCUT2D eigenvalue weighted by Crippen LogP contribution is 2.66. The predicted molar refractivity (Wildman–Crippen MR) is 124 cm³/mol. The van der Waals surface area contributed by atoms with Crippen LogP contribution in [0.2, 0.25) is 0 Å². The van der Waals surface area contributed by atoms with Crippen molar-refractivity contribution in [2.24, 2.45) is 0 Å². The molecular weight excluding hydrogens is 438 g/mol. The quantitative estimate of drug-likeness (QED) is 0.329. The van der Waals surface area contributed by atoms with Crippen molar-refractivity contribution in [3.63, 3.8) is 0 Å². The Bertz CT molecular complexity index is 604. The number of allylic oxidation sites excluding steroid dienone is 1. The summed E-state index contributed by atoms with van der Waals surface area (Å²) >= 11 is 10.4. The first-order valence-electron chi connectivity index (χ1n) is 9.08. The molecule has 10 heteroatoms. The summed E-state index contributed by atoms with van der Waals surface area (Å²) in [5.74, 6) is 0.901. The maximum atomic E-state index is 5.55. The predicted octanol–water partition coefficient (Wildman–Crippen LogP) is 6.33. The van der Waals surface area contributed by atoms with E-state index in [1.54, 1.807) is 7.11 Å². The molecule has 0 aromatic heterocycles. The van der Waals surface area contributed by atoms with Crippen molar-refractivity contribution in [3.8, 4) is 5.75 Å². The van der Waals surface area contributed by atoms with Crippen molar-refractivity contribution in [1.82, 2.24) is 0 Å². The third kappa shape index (κ3) is 11.8. The molecule has 0 unspecified atom stereocenters. The molecule has 0 heterocycles. The fraction of sp³-hybridized carbons (Fsp3) is 0.556. The Labute approximate surface area is 180 Å². The van der Waals surface area contributed by atoms with Crippen molar-refractivity contribution >= 4 is 43.1 Å². The van der Waals surface area contributed by atoms with E-state index in [1.165, 1.54) is 5.56 Å². The molecule has 28 heavy (non-hydrogen) atoms. The Hall–Kier alpha value is -0.140. The number of hydrogen-bond acceptors (Lipinski definition) is 8. The van der Waals surface area contributed by atoms with Gasteiger partial charge in [-0.15, -0.1) is 0 Å². The molecule has 0 aliphatic carbocycles. The summed E-state index contributed by atoms with van der Waals surface area (Å²) < 4.78 is 31.9. The second-order valence-corrected chi connectivity index (χ2v) is 11.1. The van der Waals surface area contributed by atoms with E-state index < -0.39 is 13.4 Å². The monoisotopic (exact) mass is 470 g/mol. The number of rotatable bonds is 12. The number of ether oxygens (including phenoxy) is 1. The van der Waals surface area contributed by atoms with Crippen LogP contribution in [0.1, 0.15) is 40.2 Å². The van der Waals surface area contributed by atoms with Gasteiger partial charge in [-0.05, 0) is 75.9 Å². The SMILES string of the molecule is C/C=C/c1ccc(OC)cc1.CCOP(=S)(OCC)OP(=S)(OCC)OCC. The Balaban J connectivity index is 0.000000567. The molecule has 1 rings (SSSR count). The average molecular weight is 471 g/mol. The van der Waals surface area contributed by atoms with Crippen molar-refractivity contribution in [2.75, 3.05) is 33.5 Å². The lowest BCUT2D eigenvalue weighted by molar-refractivity contribution is 0.176. The van der Waals surface area contributed by atoms with E-state index in [0.29, 0.717) is 26.4 Å². The zero-order valence-electron chi connectivity index (χ0n) is 17.5. The Morgan fingerprint density at radius 3 is 1.46 bits per heavy atom. The molecule has 1 aromatic carbocycles. The van der Waals surface area contributed by atoms with E-state index >= 15 is 0 Å². The molecule has 0 bridgehead atoms. The van der Waals surface area contributed by atoms with Crippen LogP contribution in [-0.4, -0.2) is 33.5 Å². The Morgan fingerprint density at radius 2 is 1.18 bits per heavy atom. The third-order valence-corrected chi connectivity index (χ3v) is 9.19. The van der Waals surface area contributed by atoms with Crippen LogP contribution in [-0.2, 0) is 46.0 Å². The van der Waals surface area contributed by atoms with Gasteiger partial charge in [-0.3, -0.25) is 0 Å². The summed E-state index contributed by atoms with van der Waals surface area (Å²) in [5, 5.41) is 0. The van der Waals surface area contributed by atoms with Gasteiger partial charge in [0.1, 0.15) is 5.75 Å². The molecule has 0 fully saturated rings. The van der Waals surface area contributed by atoms with E-state index in [-0.39, 0.29) is 0 Å². The van der Waals surface area contributed by atoms with Crippen LogP contribution < -0.4 is 4.74 Å². The van der Waals surface area contributed by atoms with E-state index in [2.05, 4.69) is 6.08 Å². The Kier molecular flexibility index (Phi) is 15.6. The van der Waals surface area contributed by atoms with Gasteiger partial charge >= 0.3 is 13.4 Å². The van der Waals surface area contributed by atoms with E-state index in [0.717, 1.165) is 5.75 Å². The first kappa shape index (κ1) is 27.9. The van der Waals surface area contributed by atoms with Gasteiger partial charge in [0, 0.05) is 0 Å². The number of methoxy groups -OCH3 is 1. The summed E-state index contributed by atoms with van der Waals surface area (Å²) in [5.41, 5.74) is 1.20. The van der Waals surface area contributed by atoms with Gasteiger partial charge in [0.2, 0.25) is 0 Å². The van der Waals surface area contributed by atoms with Crippen LogP contribution in [0.4, 0.5) is 0 Å². The van der Waals surface area contributed by atoms with Crippen molar-refractivity contribution in [2.45, 2.75) is 34.6 Å². The highest BCUT2D eigenvalue weighted by atomic mass is 32.5. The fourth-order valence-corrected chi connectivity index (χ4v) is 8.20. The summed E-state index contributed by atoms with van der Waals surface area (Å²) in [6.45, 7) is 5.09. The largest absolute Gasteiger partial charge is 0.497 e. The highest BCUT2D eigenvalue weighted by Gasteiger charge is 2.31. The molecule has 1 aromatic rings. The molecule has 0 aliphatic heterocycles. The van der Waals surface area contributed by atoms with Crippen molar-refractivity contribution in [1.29, 1.82) is 0 Å². The molecule has 0 saturated carbocycles. The van der Waals surface area contributed by atoms with Gasteiger partial charge in [-0.25, -0.2) is 4.31 Å². The minimum Gasteiger partial charge on any atom is -0.497 e. The maximum absolute atomic E-state index is 5.55. The minimum absolute atomic E-state index is 0.394. The second-order valence-electron chi connectivity index (χ2n) is 4.92. The molecule has 0 radical (unpaired) electrons. The van der Waals surface area contributed by atoms with Crippen molar-refractivity contribution in [3.05, 3.63) is 35.9 Å². The summed E-state index contributed by atoms with van der Waals surface area (Å²) in [6.07, 6.45) is 4.07. The van der Waals surface area contributed by atoms with Crippen LogP contribution in [0.5, 0.6) is 5.75 Å². The molecule has 6 nitrogen and oxygen atoms in total. The normalized spacial score (nSPS) is 11.9. The second kappa shape index (κ2) is 15.7. The van der Waals surface area contributed by atoms with Gasteiger partial charge in [0.05, 0.1) is 33.5 Å². The molecule has 0 aliphatic rings. The van der Waals surface area contributed by atoms with Crippen LogP contribution in [0.25, 0.3) is 6.08 Å². The van der Waals surface area contributed by atoms with Gasteiger partial charge < -0.3 is 22.8 Å². The molecular formula is C18H32O6P2S2. The van der Waals surface area contributed by atoms with Crippen LogP contribution in [0.15, 0.2) is 30.3 Å². The molecule has 0 amide bonds. The third-order valence-electron chi connectivity index (χ3n) is 2.82. The molecule has 0 spiro atoms. The van der Waals surface area contributed by atoms with E-state index in [4.69, 9.17) is 50.8 Å². The molecule has 0 atom stereocenters. The topological polar surface area (TPSA) is 55.4 Å². The first-order chi connectivity index (χ1) is 13.3. The lowest BCUT2D eigenvalue weighted by Gasteiger charge is -2.27. The van der Waals surface area contributed by atoms with Crippen LogP contribution >= 0.6 is 13.4 Å². The minimum atomic E-state index is -2.87. The number of hydrogen-bond donors (Lipinski definition) is 0. The van der Waals surface area contributed by atoms with E-state index in [9.17, 15) is 0 Å².